The largest absolute Gasteiger partial charge is 0.456 e. The Morgan fingerprint density at radius 1 is 0.474 bits per heavy atom. The number of rotatable bonds is 3. The summed E-state index contributed by atoms with van der Waals surface area (Å²) in [4.78, 5) is 2.22. The molecule has 4 nitrogen and oxygen atoms in total. The number of hydrogen-bond acceptors (Lipinski definition) is 4. The molecular weight excluding hydrogens is 466 g/mol. The fraction of sp³-hybridized carbons (Fsp3) is 0. The summed E-state index contributed by atoms with van der Waals surface area (Å²) in [7, 11) is 0. The Bertz CT molecular complexity index is 2030. The molecule has 1 heterocycles. The molecule has 0 saturated carbocycles. The lowest BCUT2D eigenvalue weighted by Gasteiger charge is -2.28. The van der Waals surface area contributed by atoms with Gasteiger partial charge in [-0.25, -0.2) is 0 Å². The zero-order valence-corrected chi connectivity index (χ0v) is 20.2. The van der Waals surface area contributed by atoms with Gasteiger partial charge < -0.3 is 9.32 Å². The van der Waals surface area contributed by atoms with Crippen LogP contribution >= 0.6 is 0 Å². The Hall–Kier alpha value is -5.58. The molecule has 0 aliphatic rings. The molecule has 0 radical (unpaired) electrons. The van der Waals surface area contributed by atoms with Crippen molar-refractivity contribution in [1.82, 2.24) is 0 Å². The van der Waals surface area contributed by atoms with Crippen LogP contribution in [0.25, 0.3) is 43.5 Å². The third-order valence-corrected chi connectivity index (χ3v) is 7.14. The first-order chi connectivity index (χ1) is 18.8. The second-order valence-electron chi connectivity index (χ2n) is 9.19. The molecule has 4 heteroatoms. The molecule has 6 aromatic carbocycles. The van der Waals surface area contributed by atoms with E-state index >= 15 is 0 Å². The average Bonchev–Trinajstić information content (AvgIpc) is 3.35. The van der Waals surface area contributed by atoms with Crippen molar-refractivity contribution in [2.24, 2.45) is 0 Å². The molecule has 0 N–H and O–H groups in total. The normalized spacial score (nSPS) is 11.1. The van der Waals surface area contributed by atoms with Gasteiger partial charge in [-0.3, -0.25) is 0 Å². The Morgan fingerprint density at radius 3 is 1.55 bits per heavy atom. The van der Waals surface area contributed by atoms with Crippen LogP contribution in [0, 0.1) is 22.7 Å². The summed E-state index contributed by atoms with van der Waals surface area (Å²) in [6.07, 6.45) is 0. The second-order valence-corrected chi connectivity index (χ2v) is 9.19. The SMILES string of the molecule is N#Cc1ccc(N(c2ccc3oc4ccccc4c3c2)c2ccc(C#N)c3ccccc23)c2ccccc12. The van der Waals surface area contributed by atoms with Crippen LogP contribution in [0.15, 0.2) is 120 Å². The topological polar surface area (TPSA) is 64.0 Å². The minimum atomic E-state index is 0.630. The molecule has 176 valence electrons. The Labute approximate surface area is 218 Å². The predicted molar refractivity (Wildman–Crippen MR) is 153 cm³/mol. The third-order valence-electron chi connectivity index (χ3n) is 7.14. The number of nitriles is 2. The van der Waals surface area contributed by atoms with E-state index in [1.165, 1.54) is 0 Å². The van der Waals surface area contributed by atoms with Crippen LogP contribution < -0.4 is 4.90 Å². The maximum absolute atomic E-state index is 9.79. The van der Waals surface area contributed by atoms with E-state index in [2.05, 4.69) is 47.4 Å². The minimum Gasteiger partial charge on any atom is -0.456 e. The third kappa shape index (κ3) is 3.22. The summed E-state index contributed by atoms with van der Waals surface area (Å²) in [5, 5.41) is 25.4. The molecule has 38 heavy (non-hydrogen) atoms. The van der Waals surface area contributed by atoms with Crippen LogP contribution in [0.5, 0.6) is 0 Å². The van der Waals surface area contributed by atoms with Crippen LogP contribution in [0.4, 0.5) is 17.1 Å². The van der Waals surface area contributed by atoms with E-state index in [1.807, 2.05) is 84.9 Å². The number of anilines is 3. The monoisotopic (exact) mass is 485 g/mol. The summed E-state index contributed by atoms with van der Waals surface area (Å²) in [5.74, 6) is 0. The molecule has 0 fully saturated rings. The molecule has 0 bridgehead atoms. The average molecular weight is 486 g/mol. The van der Waals surface area contributed by atoms with Crippen molar-refractivity contribution in [2.45, 2.75) is 0 Å². The van der Waals surface area contributed by atoms with Gasteiger partial charge in [0, 0.05) is 38.0 Å². The maximum atomic E-state index is 9.79. The first kappa shape index (κ1) is 21.7. The molecule has 0 aliphatic carbocycles. The summed E-state index contributed by atoms with van der Waals surface area (Å²) < 4.78 is 6.11. The Morgan fingerprint density at radius 2 is 0.974 bits per heavy atom. The number of fused-ring (bicyclic) bond motifs is 5. The van der Waals surface area contributed by atoms with Gasteiger partial charge >= 0.3 is 0 Å². The van der Waals surface area contributed by atoms with E-state index in [0.29, 0.717) is 11.1 Å². The van der Waals surface area contributed by atoms with Crippen molar-refractivity contribution < 1.29 is 4.42 Å². The van der Waals surface area contributed by atoms with E-state index in [4.69, 9.17) is 4.42 Å². The highest BCUT2D eigenvalue weighted by Gasteiger charge is 2.21. The second kappa shape index (κ2) is 8.52. The highest BCUT2D eigenvalue weighted by molar-refractivity contribution is 6.10. The number of furan rings is 1. The molecule has 0 saturated heterocycles. The predicted octanol–water partition coefficient (Wildman–Crippen LogP) is 9.11. The fourth-order valence-electron chi connectivity index (χ4n) is 5.41. The van der Waals surface area contributed by atoms with Crippen molar-refractivity contribution in [3.05, 3.63) is 126 Å². The lowest BCUT2D eigenvalue weighted by molar-refractivity contribution is 0.669. The van der Waals surface area contributed by atoms with Gasteiger partial charge in [-0.2, -0.15) is 10.5 Å². The van der Waals surface area contributed by atoms with Gasteiger partial charge in [0.05, 0.1) is 34.6 Å². The molecule has 0 aliphatic heterocycles. The van der Waals surface area contributed by atoms with Crippen molar-refractivity contribution in [3.8, 4) is 12.1 Å². The van der Waals surface area contributed by atoms with Crippen molar-refractivity contribution in [2.75, 3.05) is 4.90 Å². The number of benzene rings is 6. The van der Waals surface area contributed by atoms with E-state index in [9.17, 15) is 10.5 Å². The van der Waals surface area contributed by atoms with Crippen LogP contribution in [0.1, 0.15) is 11.1 Å². The van der Waals surface area contributed by atoms with Gasteiger partial charge in [0.25, 0.3) is 0 Å². The van der Waals surface area contributed by atoms with Crippen LogP contribution in [0.2, 0.25) is 0 Å². The van der Waals surface area contributed by atoms with Gasteiger partial charge in [-0.05, 0) is 48.5 Å². The highest BCUT2D eigenvalue weighted by atomic mass is 16.3. The molecule has 0 spiro atoms. The summed E-state index contributed by atoms with van der Waals surface area (Å²) in [6.45, 7) is 0. The van der Waals surface area contributed by atoms with Crippen LogP contribution in [0.3, 0.4) is 0 Å². The van der Waals surface area contributed by atoms with Gasteiger partial charge in [0.2, 0.25) is 0 Å². The summed E-state index contributed by atoms with van der Waals surface area (Å²) >= 11 is 0. The number of hydrogen-bond donors (Lipinski definition) is 0. The van der Waals surface area contributed by atoms with E-state index in [1.54, 1.807) is 0 Å². The highest BCUT2D eigenvalue weighted by Crippen LogP contribution is 2.44. The quantitative estimate of drug-likeness (QED) is 0.250. The lowest BCUT2D eigenvalue weighted by atomic mass is 9.99. The minimum absolute atomic E-state index is 0.630. The molecule has 0 unspecified atom stereocenters. The first-order valence-electron chi connectivity index (χ1n) is 12.3. The number of para-hydroxylation sites is 1. The summed E-state index contributed by atoms with van der Waals surface area (Å²) in [6, 6.07) is 42.7. The zero-order valence-electron chi connectivity index (χ0n) is 20.2. The van der Waals surface area contributed by atoms with Crippen LogP contribution in [-0.4, -0.2) is 0 Å². The van der Waals surface area contributed by atoms with Gasteiger partial charge in [0.15, 0.2) is 0 Å². The van der Waals surface area contributed by atoms with E-state index in [0.717, 1.165) is 60.5 Å². The van der Waals surface area contributed by atoms with Gasteiger partial charge in [-0.15, -0.1) is 0 Å². The standard InChI is InChI=1S/C34H19N3O/c35-20-22-13-16-31(27-9-3-1-7-25(22)27)37(32-17-14-23(21-36)26-8-2-4-10-28(26)32)24-15-18-34-30(19-24)29-11-5-6-12-33(29)38-34/h1-19H. The maximum Gasteiger partial charge on any atom is 0.135 e. The molecular formula is C34H19N3O. The lowest BCUT2D eigenvalue weighted by Crippen LogP contribution is -2.11. The molecule has 0 amide bonds. The summed E-state index contributed by atoms with van der Waals surface area (Å²) in [5.41, 5.74) is 5.77. The Kier molecular flexibility index (Phi) is 4.86. The fourth-order valence-corrected chi connectivity index (χ4v) is 5.41. The Balaban J connectivity index is 1.59. The van der Waals surface area contributed by atoms with Crippen molar-refractivity contribution in [3.63, 3.8) is 0 Å². The molecule has 7 aromatic rings. The molecule has 0 atom stereocenters. The molecule has 7 rings (SSSR count). The number of nitrogens with zero attached hydrogens (tertiary/aromatic N) is 3. The molecule has 1 aromatic heterocycles. The first-order valence-corrected chi connectivity index (χ1v) is 12.3. The van der Waals surface area contributed by atoms with Crippen LogP contribution in [-0.2, 0) is 0 Å². The van der Waals surface area contributed by atoms with Crippen molar-refractivity contribution in [1.29, 1.82) is 10.5 Å². The van der Waals surface area contributed by atoms with E-state index in [-0.39, 0.29) is 0 Å². The van der Waals surface area contributed by atoms with Gasteiger partial charge in [-0.1, -0.05) is 66.7 Å². The van der Waals surface area contributed by atoms with E-state index < -0.39 is 0 Å². The smallest absolute Gasteiger partial charge is 0.135 e. The zero-order chi connectivity index (χ0) is 25.6. The van der Waals surface area contributed by atoms with Gasteiger partial charge in [0.1, 0.15) is 11.2 Å². The van der Waals surface area contributed by atoms with Crippen molar-refractivity contribution >= 4 is 60.5 Å².